The Morgan fingerprint density at radius 1 is 1.17 bits per heavy atom. The van der Waals surface area contributed by atoms with Gasteiger partial charge in [-0.3, -0.25) is 9.58 Å². The second-order valence-corrected chi connectivity index (χ2v) is 6.67. The lowest BCUT2D eigenvalue weighted by molar-refractivity contribution is 0.315. The zero-order valence-electron chi connectivity index (χ0n) is 14.5. The molecular weight excluding hydrogens is 284 g/mol. The lowest BCUT2D eigenvalue weighted by Gasteiger charge is -2.17. The normalized spacial score (nSPS) is 21.9. The molecule has 2 aromatic rings. The van der Waals surface area contributed by atoms with Gasteiger partial charge in [-0.05, 0) is 38.8 Å². The quantitative estimate of drug-likeness (QED) is 0.923. The standard InChI is InChI=1S/C19H28N4/c1-4-23-15(3)18(14(2)21-23)12-22-11-17(10-20)19(13-22)16-8-6-5-7-9-16/h5-9,17,19H,4,10-13,20H2,1-3H3/t17-,19+/m1/s1. The minimum atomic E-state index is 0.541. The maximum atomic E-state index is 6.06. The van der Waals surface area contributed by atoms with Gasteiger partial charge in [-0.25, -0.2) is 0 Å². The molecule has 2 atom stereocenters. The van der Waals surface area contributed by atoms with Crippen LogP contribution in [-0.4, -0.2) is 34.3 Å². The second-order valence-electron chi connectivity index (χ2n) is 6.67. The van der Waals surface area contributed by atoms with Crippen molar-refractivity contribution in [2.24, 2.45) is 11.7 Å². The van der Waals surface area contributed by atoms with Crippen molar-refractivity contribution in [3.05, 3.63) is 52.8 Å². The molecule has 2 heterocycles. The first-order valence-corrected chi connectivity index (χ1v) is 8.64. The summed E-state index contributed by atoms with van der Waals surface area (Å²) in [7, 11) is 0. The highest BCUT2D eigenvalue weighted by atomic mass is 15.3. The third-order valence-corrected chi connectivity index (χ3v) is 5.26. The molecule has 0 spiro atoms. The third kappa shape index (κ3) is 3.19. The molecule has 2 N–H and O–H groups in total. The van der Waals surface area contributed by atoms with Crippen molar-refractivity contribution in [2.45, 2.75) is 39.8 Å². The number of rotatable bonds is 5. The van der Waals surface area contributed by atoms with E-state index in [0.29, 0.717) is 11.8 Å². The Morgan fingerprint density at radius 2 is 1.91 bits per heavy atom. The number of benzene rings is 1. The van der Waals surface area contributed by atoms with Gasteiger partial charge in [0.25, 0.3) is 0 Å². The monoisotopic (exact) mass is 312 g/mol. The summed E-state index contributed by atoms with van der Waals surface area (Å²) in [6.07, 6.45) is 0. The van der Waals surface area contributed by atoms with Gasteiger partial charge in [-0.2, -0.15) is 5.10 Å². The van der Waals surface area contributed by atoms with Gasteiger partial charge in [0.1, 0.15) is 0 Å². The second kappa shape index (κ2) is 6.85. The Morgan fingerprint density at radius 3 is 2.52 bits per heavy atom. The number of hydrogen-bond acceptors (Lipinski definition) is 3. The summed E-state index contributed by atoms with van der Waals surface area (Å²) in [5.41, 5.74) is 11.3. The van der Waals surface area contributed by atoms with Crippen LogP contribution in [-0.2, 0) is 13.1 Å². The number of aromatic nitrogens is 2. The van der Waals surface area contributed by atoms with Crippen molar-refractivity contribution in [3.63, 3.8) is 0 Å². The average Bonchev–Trinajstić information content (AvgIpc) is 3.11. The summed E-state index contributed by atoms with van der Waals surface area (Å²) >= 11 is 0. The first kappa shape index (κ1) is 16.2. The molecule has 1 aromatic carbocycles. The minimum absolute atomic E-state index is 0.541. The van der Waals surface area contributed by atoms with E-state index in [9.17, 15) is 0 Å². The molecule has 1 saturated heterocycles. The number of nitrogens with two attached hydrogens (primary N) is 1. The highest BCUT2D eigenvalue weighted by Gasteiger charge is 2.33. The van der Waals surface area contributed by atoms with E-state index in [1.54, 1.807) is 0 Å². The minimum Gasteiger partial charge on any atom is -0.330 e. The van der Waals surface area contributed by atoms with Gasteiger partial charge in [0.2, 0.25) is 0 Å². The fourth-order valence-electron chi connectivity index (χ4n) is 3.90. The molecule has 0 radical (unpaired) electrons. The Labute approximate surface area is 139 Å². The van der Waals surface area contributed by atoms with Crippen LogP contribution in [0.4, 0.5) is 0 Å². The molecule has 124 valence electrons. The van der Waals surface area contributed by atoms with E-state index >= 15 is 0 Å². The summed E-state index contributed by atoms with van der Waals surface area (Å²) in [4.78, 5) is 2.55. The lowest BCUT2D eigenvalue weighted by Crippen LogP contribution is -2.23. The summed E-state index contributed by atoms with van der Waals surface area (Å²) in [6.45, 7) is 11.3. The van der Waals surface area contributed by atoms with Gasteiger partial charge in [-0.1, -0.05) is 30.3 Å². The largest absolute Gasteiger partial charge is 0.330 e. The maximum Gasteiger partial charge on any atom is 0.0641 e. The first-order valence-electron chi connectivity index (χ1n) is 8.64. The van der Waals surface area contributed by atoms with Crippen LogP contribution >= 0.6 is 0 Å². The lowest BCUT2D eigenvalue weighted by atomic mass is 9.89. The van der Waals surface area contributed by atoms with E-state index in [1.165, 1.54) is 16.8 Å². The summed E-state index contributed by atoms with van der Waals surface area (Å²) in [6, 6.07) is 10.8. The van der Waals surface area contributed by atoms with Crippen molar-refractivity contribution in [1.82, 2.24) is 14.7 Å². The van der Waals surface area contributed by atoms with Gasteiger partial charge in [0, 0.05) is 43.4 Å². The van der Waals surface area contributed by atoms with E-state index in [1.807, 2.05) is 0 Å². The van der Waals surface area contributed by atoms with Crippen molar-refractivity contribution in [2.75, 3.05) is 19.6 Å². The number of likely N-dealkylation sites (tertiary alicyclic amines) is 1. The molecule has 0 aliphatic carbocycles. The Bertz CT molecular complexity index is 647. The van der Waals surface area contributed by atoms with Crippen LogP contribution < -0.4 is 5.73 Å². The van der Waals surface area contributed by atoms with Gasteiger partial charge in [0.15, 0.2) is 0 Å². The van der Waals surface area contributed by atoms with Gasteiger partial charge < -0.3 is 5.73 Å². The predicted octanol–water partition coefficient (Wildman–Crippen LogP) is 2.69. The van der Waals surface area contributed by atoms with Crippen LogP contribution in [0.5, 0.6) is 0 Å². The molecule has 1 fully saturated rings. The van der Waals surface area contributed by atoms with Crippen LogP contribution in [0.2, 0.25) is 0 Å². The molecule has 1 aliphatic rings. The van der Waals surface area contributed by atoms with E-state index in [0.717, 1.165) is 38.4 Å². The van der Waals surface area contributed by atoms with Crippen LogP contribution in [0.3, 0.4) is 0 Å². The Balaban J connectivity index is 1.77. The highest BCUT2D eigenvalue weighted by Crippen LogP contribution is 2.33. The van der Waals surface area contributed by atoms with Crippen molar-refractivity contribution < 1.29 is 0 Å². The molecule has 4 heteroatoms. The first-order chi connectivity index (χ1) is 11.1. The van der Waals surface area contributed by atoms with Crippen LogP contribution in [0.25, 0.3) is 0 Å². The zero-order valence-corrected chi connectivity index (χ0v) is 14.5. The third-order valence-electron chi connectivity index (χ3n) is 5.26. The molecule has 0 saturated carbocycles. The van der Waals surface area contributed by atoms with E-state index in [2.05, 4.69) is 65.8 Å². The molecule has 0 bridgehead atoms. The molecule has 3 rings (SSSR count). The van der Waals surface area contributed by atoms with Crippen molar-refractivity contribution >= 4 is 0 Å². The predicted molar refractivity (Wildman–Crippen MR) is 94.4 cm³/mol. The number of hydrogen-bond donors (Lipinski definition) is 1. The van der Waals surface area contributed by atoms with Gasteiger partial charge in [-0.15, -0.1) is 0 Å². The smallest absolute Gasteiger partial charge is 0.0641 e. The summed E-state index contributed by atoms with van der Waals surface area (Å²) in [5, 5.41) is 4.65. The van der Waals surface area contributed by atoms with Crippen molar-refractivity contribution in [3.8, 4) is 0 Å². The van der Waals surface area contributed by atoms with Crippen LogP contribution in [0.1, 0.15) is 35.4 Å². The van der Waals surface area contributed by atoms with E-state index in [-0.39, 0.29) is 0 Å². The molecule has 1 aromatic heterocycles. The highest BCUT2D eigenvalue weighted by molar-refractivity contribution is 5.26. The van der Waals surface area contributed by atoms with E-state index in [4.69, 9.17) is 5.73 Å². The van der Waals surface area contributed by atoms with E-state index < -0.39 is 0 Å². The fourth-order valence-corrected chi connectivity index (χ4v) is 3.90. The van der Waals surface area contributed by atoms with Crippen LogP contribution in [0, 0.1) is 19.8 Å². The SMILES string of the molecule is CCn1nc(C)c(CN2C[C@@H](CN)[C@H](c3ccccc3)C2)c1C. The molecule has 23 heavy (non-hydrogen) atoms. The topological polar surface area (TPSA) is 47.1 Å². The van der Waals surface area contributed by atoms with Gasteiger partial charge >= 0.3 is 0 Å². The summed E-state index contributed by atoms with van der Waals surface area (Å²) < 4.78 is 2.11. The maximum absolute atomic E-state index is 6.06. The molecular formula is C19H28N4. The fraction of sp³-hybridized carbons (Fsp3) is 0.526. The molecule has 1 aliphatic heterocycles. The molecule has 4 nitrogen and oxygen atoms in total. The number of nitrogens with zero attached hydrogens (tertiary/aromatic N) is 3. The van der Waals surface area contributed by atoms with Gasteiger partial charge in [0.05, 0.1) is 5.69 Å². The molecule has 0 unspecified atom stereocenters. The van der Waals surface area contributed by atoms with Crippen molar-refractivity contribution in [1.29, 1.82) is 0 Å². The van der Waals surface area contributed by atoms with Crippen LogP contribution in [0.15, 0.2) is 30.3 Å². The molecule has 0 amide bonds. The zero-order chi connectivity index (χ0) is 16.4. The summed E-state index contributed by atoms with van der Waals surface area (Å²) in [5.74, 6) is 1.09. The Kier molecular flexibility index (Phi) is 4.83. The average molecular weight is 312 g/mol. The number of aryl methyl sites for hydroxylation is 2. The Hall–Kier alpha value is -1.65.